The number of benzene rings is 6. The lowest BCUT2D eigenvalue weighted by atomic mass is 9.95. The van der Waals surface area contributed by atoms with Crippen molar-refractivity contribution < 1.29 is 78.7 Å². The first-order chi connectivity index (χ1) is 34.1. The molecule has 386 valence electrons. The van der Waals surface area contributed by atoms with E-state index >= 15 is 0 Å². The molecule has 6 aromatic rings. The number of aldehydes is 1. The molecule has 19 heteroatoms. The molecule has 7 N–H and O–H groups in total. The summed E-state index contributed by atoms with van der Waals surface area (Å²) in [5.41, 5.74) is 3.36. The summed E-state index contributed by atoms with van der Waals surface area (Å²) in [7, 11) is 0. The molecular weight excluding hydrogens is 979 g/mol. The average Bonchev–Trinajstić information content (AvgIpc) is 3.34. The van der Waals surface area contributed by atoms with Crippen molar-refractivity contribution >= 4 is 42.5 Å². The Morgan fingerprint density at radius 3 is 1.36 bits per heavy atom. The second-order valence-electron chi connectivity index (χ2n) is 16.8. The summed E-state index contributed by atoms with van der Waals surface area (Å²) < 4.78 is 137. The van der Waals surface area contributed by atoms with E-state index < -0.39 is 83.0 Å². The summed E-state index contributed by atoms with van der Waals surface area (Å²) >= 11 is 0. The van der Waals surface area contributed by atoms with Crippen LogP contribution in [-0.4, -0.2) is 62.9 Å². The number of carboxylic acids is 2. The van der Waals surface area contributed by atoms with Crippen LogP contribution in [-0.2, 0) is 28.5 Å². The average molecular weight is 1030 g/mol. The smallest absolute Gasteiger partial charge is 0.416 e. The Labute approximate surface area is 412 Å². The topological polar surface area (TPSA) is 170 Å². The van der Waals surface area contributed by atoms with Gasteiger partial charge in [-0.1, -0.05) is 97.1 Å². The van der Waals surface area contributed by atoms with Crippen LogP contribution in [0.1, 0.15) is 74.3 Å². The summed E-state index contributed by atoms with van der Waals surface area (Å²) in [4.78, 5) is 32.3. The van der Waals surface area contributed by atoms with Crippen LogP contribution in [0.3, 0.4) is 0 Å². The van der Waals surface area contributed by atoms with Gasteiger partial charge in [-0.05, 0) is 114 Å². The Morgan fingerprint density at radius 1 is 0.562 bits per heavy atom. The summed E-state index contributed by atoms with van der Waals surface area (Å²) in [6.45, 7) is 4.49. The summed E-state index contributed by atoms with van der Waals surface area (Å²) in [6, 6.07) is 23.8. The minimum atomic E-state index is -4.64. The zero-order valence-corrected chi connectivity index (χ0v) is 39.3. The van der Waals surface area contributed by atoms with Crippen molar-refractivity contribution in [3.05, 3.63) is 188 Å². The maximum atomic E-state index is 14.3. The molecule has 0 aliphatic heterocycles. The van der Waals surface area contributed by atoms with Crippen LogP contribution in [0.2, 0.25) is 0 Å². The third-order valence-electron chi connectivity index (χ3n) is 11.3. The quantitative estimate of drug-likeness (QED) is 0.0353. The third-order valence-corrected chi connectivity index (χ3v) is 11.3. The summed E-state index contributed by atoms with van der Waals surface area (Å²) in [5, 5.41) is 37.7. The highest BCUT2D eigenvalue weighted by molar-refractivity contribution is 5.83. The Bertz CT molecular complexity index is 3020. The Hall–Kier alpha value is -7.45. The molecular formula is C54H48F10N2O7. The highest BCUT2D eigenvalue weighted by Crippen LogP contribution is 2.37. The lowest BCUT2D eigenvalue weighted by Gasteiger charge is -2.24. The molecule has 0 amide bonds. The van der Waals surface area contributed by atoms with Gasteiger partial charge < -0.3 is 26.2 Å². The highest BCUT2D eigenvalue weighted by Gasteiger charge is 2.35. The molecule has 0 saturated heterocycles. The van der Waals surface area contributed by atoms with E-state index in [4.69, 9.17) is 15.9 Å². The number of nitrogens with two attached hydrogens (primary N) is 1. The van der Waals surface area contributed by atoms with Gasteiger partial charge in [0.15, 0.2) is 23.3 Å². The van der Waals surface area contributed by atoms with Crippen molar-refractivity contribution in [1.29, 1.82) is 0 Å². The molecule has 0 heterocycles. The number of nitrogens with one attached hydrogen (secondary N) is 1. The second-order valence-corrected chi connectivity index (χ2v) is 16.8. The second kappa shape index (κ2) is 24.3. The van der Waals surface area contributed by atoms with E-state index in [0.29, 0.717) is 45.2 Å². The number of aliphatic hydroxyl groups excluding tert-OH is 2. The molecule has 9 nitrogen and oxygen atoms in total. The number of aliphatic hydroxyl groups is 2. The van der Waals surface area contributed by atoms with E-state index in [1.54, 1.807) is 50.2 Å². The van der Waals surface area contributed by atoms with Gasteiger partial charge in [0.1, 0.15) is 17.4 Å². The molecule has 0 saturated carbocycles. The van der Waals surface area contributed by atoms with E-state index in [9.17, 15) is 68.5 Å². The molecule has 0 aromatic heterocycles. The predicted molar refractivity (Wildman–Crippen MR) is 256 cm³/mol. The highest BCUT2D eigenvalue weighted by atomic mass is 19.4. The standard InChI is InChI=1S/C27H24F5NO3.C23H15F5O.C4H9NO3/c1-16-18(5-3-6-20(16)21-7-4-8-23(28)24(21)29)10-11-19-13-17(9-12-22(19)27(30,31)32)14-33-26(2,15-34)25(35)36;1-14-16(4-2-5-18(14)19-6-3-7-21(24)22(19)25)9-10-17-12-15(13-29)8-11-20(17)23(26,27)28;1-4(5,2-6)3(7)8/h3-13,33-34H,14-15H2,1-2H3,(H,35,36);2-13H,1H3;6H,2,5H2,1H3,(H,7,8)/b11-10+;10-9+;. The van der Waals surface area contributed by atoms with Crippen LogP contribution < -0.4 is 11.1 Å². The molecule has 0 radical (unpaired) electrons. The molecule has 0 aliphatic carbocycles. The van der Waals surface area contributed by atoms with Crippen molar-refractivity contribution in [2.24, 2.45) is 5.73 Å². The fourth-order valence-corrected chi connectivity index (χ4v) is 6.77. The van der Waals surface area contributed by atoms with E-state index in [1.165, 1.54) is 74.5 Å². The molecule has 0 aliphatic rings. The van der Waals surface area contributed by atoms with Gasteiger partial charge in [-0.15, -0.1) is 0 Å². The number of carbonyl (C=O) groups is 3. The SMILES string of the molecule is CC(N)(CO)C(=O)O.Cc1c(/C=C/c2cc(C=O)ccc2C(F)(F)F)cccc1-c1cccc(F)c1F.Cc1c(/C=C/c2cc(CNC(C)(CO)C(=O)O)ccc2C(F)(F)F)cccc1-c1cccc(F)c1F. The van der Waals surface area contributed by atoms with Crippen LogP contribution in [0.4, 0.5) is 43.9 Å². The van der Waals surface area contributed by atoms with Crippen molar-refractivity contribution in [2.75, 3.05) is 13.2 Å². The number of hydrogen-bond donors (Lipinski definition) is 6. The molecule has 0 bridgehead atoms. The molecule has 0 spiro atoms. The number of hydrogen-bond acceptors (Lipinski definition) is 7. The Balaban J connectivity index is 0.000000280. The zero-order valence-electron chi connectivity index (χ0n) is 39.3. The van der Waals surface area contributed by atoms with E-state index in [1.807, 2.05) is 0 Å². The van der Waals surface area contributed by atoms with Crippen LogP contribution in [0.15, 0.2) is 109 Å². The van der Waals surface area contributed by atoms with Crippen LogP contribution >= 0.6 is 0 Å². The molecule has 6 rings (SSSR count). The maximum absolute atomic E-state index is 14.3. The summed E-state index contributed by atoms with van der Waals surface area (Å²) in [5.74, 6) is -6.49. The van der Waals surface area contributed by atoms with Gasteiger partial charge in [0.05, 0.1) is 24.3 Å². The lowest BCUT2D eigenvalue weighted by molar-refractivity contribution is -0.146. The maximum Gasteiger partial charge on any atom is 0.416 e. The largest absolute Gasteiger partial charge is 0.480 e. The summed E-state index contributed by atoms with van der Waals surface area (Å²) in [6.07, 6.45) is -3.33. The Morgan fingerprint density at radius 2 is 0.973 bits per heavy atom. The number of aliphatic carboxylic acids is 2. The Kier molecular flexibility index (Phi) is 19.4. The van der Waals surface area contributed by atoms with Crippen LogP contribution in [0, 0.1) is 37.1 Å². The van der Waals surface area contributed by atoms with Gasteiger partial charge in [-0.3, -0.25) is 19.7 Å². The van der Waals surface area contributed by atoms with E-state index in [0.717, 1.165) is 36.4 Å². The van der Waals surface area contributed by atoms with E-state index in [2.05, 4.69) is 5.32 Å². The van der Waals surface area contributed by atoms with Crippen molar-refractivity contribution in [3.8, 4) is 22.3 Å². The molecule has 73 heavy (non-hydrogen) atoms. The van der Waals surface area contributed by atoms with Crippen LogP contribution in [0.25, 0.3) is 46.6 Å². The van der Waals surface area contributed by atoms with Crippen molar-refractivity contribution in [3.63, 3.8) is 0 Å². The fourth-order valence-electron chi connectivity index (χ4n) is 6.77. The van der Waals surface area contributed by atoms with Crippen molar-refractivity contribution in [2.45, 2.75) is 57.7 Å². The number of rotatable bonds is 14. The first-order valence-electron chi connectivity index (χ1n) is 21.6. The first kappa shape index (κ1) is 58.1. The molecule has 2 atom stereocenters. The molecule has 2 unspecified atom stereocenters. The number of alkyl halides is 6. The molecule has 0 fully saturated rings. The monoisotopic (exact) mass is 1030 g/mol. The zero-order chi connectivity index (χ0) is 54.6. The van der Waals surface area contributed by atoms with Gasteiger partial charge in [-0.25, -0.2) is 17.6 Å². The van der Waals surface area contributed by atoms with Gasteiger partial charge in [0, 0.05) is 23.2 Å². The first-order valence-corrected chi connectivity index (χ1v) is 21.6. The third kappa shape index (κ3) is 14.8. The molecule has 6 aromatic carbocycles. The lowest BCUT2D eigenvalue weighted by Crippen LogP contribution is -2.52. The number of carboxylic acid groups (broad SMARTS) is 2. The number of halogens is 10. The normalized spacial score (nSPS) is 13.3. The van der Waals surface area contributed by atoms with Gasteiger partial charge in [0.25, 0.3) is 0 Å². The van der Waals surface area contributed by atoms with E-state index in [-0.39, 0.29) is 34.4 Å². The van der Waals surface area contributed by atoms with Gasteiger partial charge >= 0.3 is 24.3 Å². The van der Waals surface area contributed by atoms with Gasteiger partial charge in [-0.2, -0.15) is 26.3 Å². The van der Waals surface area contributed by atoms with Crippen molar-refractivity contribution in [1.82, 2.24) is 5.32 Å². The number of carbonyl (C=O) groups excluding carboxylic acids is 1. The van der Waals surface area contributed by atoms with Gasteiger partial charge in [0.2, 0.25) is 0 Å². The predicted octanol–water partition coefficient (Wildman–Crippen LogP) is 11.8. The fraction of sp³-hybridized carbons (Fsp3) is 0.204. The van der Waals surface area contributed by atoms with Crippen LogP contribution in [0.5, 0.6) is 0 Å². The minimum Gasteiger partial charge on any atom is -0.480 e. The minimum absolute atomic E-state index is 0.0390.